The van der Waals surface area contributed by atoms with Crippen LogP contribution in [0.15, 0.2) is 72.8 Å². The average molecular weight is 373 g/mol. The fourth-order valence-electron chi connectivity index (χ4n) is 2.94. The highest BCUT2D eigenvalue weighted by Crippen LogP contribution is 2.21. The summed E-state index contributed by atoms with van der Waals surface area (Å²) in [5.74, 6) is 0.267. The van der Waals surface area contributed by atoms with E-state index in [9.17, 15) is 9.59 Å². The minimum Gasteiger partial charge on any atom is -0.481 e. The summed E-state index contributed by atoms with van der Waals surface area (Å²) in [6.45, 7) is 5.61. The molecule has 4 heteroatoms. The van der Waals surface area contributed by atoms with Gasteiger partial charge in [0.1, 0.15) is 5.75 Å². The lowest BCUT2D eigenvalue weighted by atomic mass is 10.0. The molecule has 0 aliphatic heterocycles. The molecule has 0 saturated heterocycles. The molecule has 3 aromatic rings. The van der Waals surface area contributed by atoms with Gasteiger partial charge >= 0.3 is 0 Å². The van der Waals surface area contributed by atoms with Gasteiger partial charge in [-0.15, -0.1) is 0 Å². The van der Waals surface area contributed by atoms with Crippen LogP contribution in [-0.2, 0) is 4.79 Å². The van der Waals surface area contributed by atoms with Crippen LogP contribution in [0.25, 0.3) is 0 Å². The summed E-state index contributed by atoms with van der Waals surface area (Å²) in [5, 5.41) is 2.93. The monoisotopic (exact) mass is 373 g/mol. The van der Waals surface area contributed by atoms with E-state index in [1.165, 1.54) is 0 Å². The highest BCUT2D eigenvalue weighted by molar-refractivity contribution is 6.09. The number of ketones is 1. The molecule has 0 aliphatic rings. The SMILES string of the molecule is Cc1cccc(C)c1NC(=O)C(C)Oc1ccc(C(=O)c2ccccc2)cc1. The molecule has 1 atom stereocenters. The third kappa shape index (κ3) is 4.46. The van der Waals surface area contributed by atoms with Crippen LogP contribution in [0.5, 0.6) is 5.75 Å². The molecular weight excluding hydrogens is 350 g/mol. The number of amides is 1. The van der Waals surface area contributed by atoms with Crippen molar-refractivity contribution in [3.05, 3.63) is 95.1 Å². The van der Waals surface area contributed by atoms with Gasteiger partial charge in [-0.1, -0.05) is 48.5 Å². The van der Waals surface area contributed by atoms with Crippen LogP contribution >= 0.6 is 0 Å². The second kappa shape index (κ2) is 8.53. The predicted molar refractivity (Wildman–Crippen MR) is 111 cm³/mol. The van der Waals surface area contributed by atoms with Crippen molar-refractivity contribution in [2.75, 3.05) is 5.32 Å². The number of aryl methyl sites for hydroxylation is 2. The van der Waals surface area contributed by atoms with Crippen LogP contribution in [0, 0.1) is 13.8 Å². The Balaban J connectivity index is 1.65. The van der Waals surface area contributed by atoms with E-state index in [0.717, 1.165) is 16.8 Å². The zero-order valence-electron chi connectivity index (χ0n) is 16.2. The number of hydrogen-bond donors (Lipinski definition) is 1. The first-order valence-corrected chi connectivity index (χ1v) is 9.19. The second-order valence-electron chi connectivity index (χ2n) is 6.74. The van der Waals surface area contributed by atoms with Crippen LogP contribution in [0.2, 0.25) is 0 Å². The van der Waals surface area contributed by atoms with Crippen LogP contribution in [-0.4, -0.2) is 17.8 Å². The van der Waals surface area contributed by atoms with Crippen LogP contribution in [0.4, 0.5) is 5.69 Å². The molecule has 1 unspecified atom stereocenters. The van der Waals surface area contributed by atoms with Crippen molar-refractivity contribution < 1.29 is 14.3 Å². The summed E-state index contributed by atoms with van der Waals surface area (Å²) >= 11 is 0. The maximum absolute atomic E-state index is 12.5. The normalized spacial score (nSPS) is 11.5. The van der Waals surface area contributed by atoms with Crippen molar-refractivity contribution in [1.29, 1.82) is 0 Å². The Morgan fingerprint density at radius 1 is 0.786 bits per heavy atom. The van der Waals surface area contributed by atoms with E-state index >= 15 is 0 Å². The van der Waals surface area contributed by atoms with E-state index in [0.29, 0.717) is 16.9 Å². The maximum atomic E-state index is 12.5. The van der Waals surface area contributed by atoms with Gasteiger partial charge in [0, 0.05) is 16.8 Å². The zero-order valence-corrected chi connectivity index (χ0v) is 16.2. The van der Waals surface area contributed by atoms with Crippen molar-refractivity contribution in [3.8, 4) is 5.75 Å². The zero-order chi connectivity index (χ0) is 20.1. The Kier molecular flexibility index (Phi) is 5.90. The molecule has 0 fully saturated rings. The Hall–Kier alpha value is -3.40. The summed E-state index contributed by atoms with van der Waals surface area (Å²) < 4.78 is 5.75. The van der Waals surface area contributed by atoms with Gasteiger partial charge < -0.3 is 10.1 Å². The smallest absolute Gasteiger partial charge is 0.265 e. The molecule has 0 spiro atoms. The first kappa shape index (κ1) is 19.4. The average Bonchev–Trinajstić information content (AvgIpc) is 2.71. The molecule has 0 aliphatic carbocycles. The highest BCUT2D eigenvalue weighted by Gasteiger charge is 2.17. The molecule has 28 heavy (non-hydrogen) atoms. The third-order valence-electron chi connectivity index (χ3n) is 4.56. The topological polar surface area (TPSA) is 55.4 Å². The van der Waals surface area contributed by atoms with E-state index < -0.39 is 6.10 Å². The number of anilines is 1. The van der Waals surface area contributed by atoms with Gasteiger partial charge in [-0.2, -0.15) is 0 Å². The van der Waals surface area contributed by atoms with Gasteiger partial charge in [0.25, 0.3) is 5.91 Å². The van der Waals surface area contributed by atoms with E-state index in [1.54, 1.807) is 43.3 Å². The largest absolute Gasteiger partial charge is 0.481 e. The molecule has 1 amide bonds. The van der Waals surface area contributed by atoms with Crippen LogP contribution in [0.3, 0.4) is 0 Å². The number of carbonyl (C=O) groups excluding carboxylic acids is 2. The molecule has 0 radical (unpaired) electrons. The van der Waals surface area contributed by atoms with E-state index in [1.807, 2.05) is 50.2 Å². The lowest BCUT2D eigenvalue weighted by Crippen LogP contribution is -2.30. The maximum Gasteiger partial charge on any atom is 0.265 e. The Bertz CT molecular complexity index is 958. The molecule has 0 saturated carbocycles. The molecule has 1 N–H and O–H groups in total. The van der Waals surface area contributed by atoms with Gasteiger partial charge in [-0.05, 0) is 56.2 Å². The first-order valence-electron chi connectivity index (χ1n) is 9.19. The summed E-state index contributed by atoms with van der Waals surface area (Å²) in [5.41, 5.74) is 4.03. The van der Waals surface area contributed by atoms with Crippen molar-refractivity contribution >= 4 is 17.4 Å². The van der Waals surface area contributed by atoms with Crippen molar-refractivity contribution in [2.24, 2.45) is 0 Å². The summed E-state index contributed by atoms with van der Waals surface area (Å²) in [6.07, 6.45) is -0.672. The van der Waals surface area contributed by atoms with Crippen LogP contribution < -0.4 is 10.1 Å². The van der Waals surface area contributed by atoms with Crippen LogP contribution in [0.1, 0.15) is 34.0 Å². The predicted octanol–water partition coefficient (Wildman–Crippen LogP) is 4.94. The Morgan fingerprint density at radius 2 is 1.36 bits per heavy atom. The Morgan fingerprint density at radius 3 is 1.96 bits per heavy atom. The van der Waals surface area contributed by atoms with Crippen molar-refractivity contribution in [3.63, 3.8) is 0 Å². The van der Waals surface area contributed by atoms with Gasteiger partial charge in [-0.25, -0.2) is 0 Å². The lowest BCUT2D eigenvalue weighted by molar-refractivity contribution is -0.122. The molecule has 0 bridgehead atoms. The molecule has 0 heterocycles. The van der Waals surface area contributed by atoms with Crippen molar-refractivity contribution in [1.82, 2.24) is 0 Å². The third-order valence-corrected chi connectivity index (χ3v) is 4.56. The lowest BCUT2D eigenvalue weighted by Gasteiger charge is -2.17. The first-order chi connectivity index (χ1) is 13.5. The highest BCUT2D eigenvalue weighted by atomic mass is 16.5. The summed E-state index contributed by atoms with van der Waals surface area (Å²) in [7, 11) is 0. The number of carbonyl (C=O) groups is 2. The number of rotatable bonds is 6. The van der Waals surface area contributed by atoms with Crippen molar-refractivity contribution in [2.45, 2.75) is 26.9 Å². The standard InChI is InChI=1S/C24H23NO3/c1-16-8-7-9-17(2)22(16)25-24(27)18(3)28-21-14-12-20(13-15-21)23(26)19-10-5-4-6-11-19/h4-15,18H,1-3H3,(H,25,27). The molecule has 0 aromatic heterocycles. The Labute approximate surface area is 165 Å². The molecule has 3 aromatic carbocycles. The number of para-hydroxylation sites is 1. The van der Waals surface area contributed by atoms with Gasteiger partial charge in [0.2, 0.25) is 0 Å². The molecule has 4 nitrogen and oxygen atoms in total. The fourth-order valence-corrected chi connectivity index (χ4v) is 2.94. The minimum absolute atomic E-state index is 0.0482. The van der Waals surface area contributed by atoms with E-state index in [-0.39, 0.29) is 11.7 Å². The number of ether oxygens (including phenoxy) is 1. The van der Waals surface area contributed by atoms with Gasteiger partial charge in [-0.3, -0.25) is 9.59 Å². The van der Waals surface area contributed by atoms with Gasteiger partial charge in [0.05, 0.1) is 0 Å². The fraction of sp³-hybridized carbons (Fsp3) is 0.167. The number of nitrogens with one attached hydrogen (secondary N) is 1. The molecular formula is C24H23NO3. The number of hydrogen-bond acceptors (Lipinski definition) is 3. The minimum atomic E-state index is -0.672. The van der Waals surface area contributed by atoms with E-state index in [2.05, 4.69) is 5.32 Å². The quantitative estimate of drug-likeness (QED) is 0.623. The molecule has 3 rings (SSSR count). The number of benzene rings is 3. The summed E-state index contributed by atoms with van der Waals surface area (Å²) in [6, 6.07) is 21.8. The van der Waals surface area contributed by atoms with E-state index in [4.69, 9.17) is 4.74 Å². The van der Waals surface area contributed by atoms with Gasteiger partial charge in [0.15, 0.2) is 11.9 Å². The molecule has 142 valence electrons. The second-order valence-corrected chi connectivity index (χ2v) is 6.74. The summed E-state index contributed by atoms with van der Waals surface area (Å²) in [4.78, 5) is 24.9.